The van der Waals surface area contributed by atoms with Crippen molar-refractivity contribution in [2.75, 3.05) is 6.54 Å². The number of carbonyl (C=O) groups excluding carboxylic acids is 1. The number of hydrogen-bond donors (Lipinski definition) is 3. The van der Waals surface area contributed by atoms with Gasteiger partial charge >= 0.3 is 5.97 Å². The van der Waals surface area contributed by atoms with Crippen molar-refractivity contribution < 1.29 is 14.7 Å². The zero-order valence-corrected chi connectivity index (χ0v) is 7.38. The van der Waals surface area contributed by atoms with Gasteiger partial charge in [-0.2, -0.15) is 0 Å². The minimum absolute atomic E-state index is 0.164. The molecule has 13 heavy (non-hydrogen) atoms. The Balaban J connectivity index is 3.12. The van der Waals surface area contributed by atoms with Crippen molar-refractivity contribution in [3.05, 3.63) is 12.7 Å². The van der Waals surface area contributed by atoms with Crippen molar-refractivity contribution >= 4 is 11.9 Å². The Morgan fingerprint density at radius 3 is 2.62 bits per heavy atom. The number of carboxylic acid groups (broad SMARTS) is 1. The summed E-state index contributed by atoms with van der Waals surface area (Å²) in [6, 6.07) is 0. The van der Waals surface area contributed by atoms with Crippen LogP contribution in [0.5, 0.6) is 0 Å². The molecule has 0 radical (unpaired) electrons. The minimum Gasteiger partial charge on any atom is -0.481 e. The van der Waals surface area contributed by atoms with Crippen LogP contribution in [0.2, 0.25) is 0 Å². The Kier molecular flexibility index (Phi) is 6.53. The highest BCUT2D eigenvalue weighted by Crippen LogP contribution is 1.92. The molecule has 0 spiro atoms. The maximum Gasteiger partial charge on any atom is 0.303 e. The first kappa shape index (κ1) is 11.6. The number of carboxylic acids is 1. The third kappa shape index (κ3) is 8.55. The first-order valence-corrected chi connectivity index (χ1v) is 4.04. The number of nitrogens with one attached hydrogen (secondary N) is 2. The molecule has 0 bridgehead atoms. The van der Waals surface area contributed by atoms with Crippen molar-refractivity contribution in [1.29, 1.82) is 0 Å². The van der Waals surface area contributed by atoms with E-state index in [0.717, 1.165) is 6.08 Å². The van der Waals surface area contributed by atoms with E-state index < -0.39 is 5.97 Å². The Labute approximate surface area is 76.8 Å². The van der Waals surface area contributed by atoms with E-state index in [-0.39, 0.29) is 12.3 Å². The molecule has 3 N–H and O–H groups in total. The first-order chi connectivity index (χ1) is 6.16. The lowest BCUT2D eigenvalue weighted by atomic mass is 10.2. The Bertz CT molecular complexity index is 192. The number of hydrazine groups is 1. The summed E-state index contributed by atoms with van der Waals surface area (Å²) < 4.78 is 0. The van der Waals surface area contributed by atoms with Gasteiger partial charge in [0.1, 0.15) is 0 Å². The van der Waals surface area contributed by atoms with Crippen LogP contribution in [-0.2, 0) is 9.59 Å². The second kappa shape index (κ2) is 7.30. The van der Waals surface area contributed by atoms with Crippen LogP contribution < -0.4 is 10.9 Å². The molecule has 5 nitrogen and oxygen atoms in total. The lowest BCUT2D eigenvalue weighted by molar-refractivity contribution is -0.137. The Hall–Kier alpha value is -1.36. The second-order valence-corrected chi connectivity index (χ2v) is 2.47. The van der Waals surface area contributed by atoms with Crippen molar-refractivity contribution in [2.24, 2.45) is 0 Å². The van der Waals surface area contributed by atoms with Gasteiger partial charge in [-0.05, 0) is 18.9 Å². The SMILES string of the molecule is C=CC(=O)NNCCCCC(=O)O. The molecule has 0 rings (SSSR count). The van der Waals surface area contributed by atoms with Gasteiger partial charge in [0.15, 0.2) is 0 Å². The monoisotopic (exact) mass is 186 g/mol. The second-order valence-electron chi connectivity index (χ2n) is 2.47. The molecular weight excluding hydrogens is 172 g/mol. The number of hydrogen-bond acceptors (Lipinski definition) is 3. The molecule has 0 saturated heterocycles. The van der Waals surface area contributed by atoms with Gasteiger partial charge in [0.05, 0.1) is 0 Å². The maximum atomic E-state index is 10.6. The molecule has 0 aliphatic heterocycles. The zero-order valence-electron chi connectivity index (χ0n) is 7.38. The van der Waals surface area contributed by atoms with E-state index in [1.807, 2.05) is 0 Å². The molecule has 0 heterocycles. The molecular formula is C8H14N2O3. The fraction of sp³-hybridized carbons (Fsp3) is 0.500. The lowest BCUT2D eigenvalue weighted by Gasteiger charge is -2.03. The molecule has 0 atom stereocenters. The van der Waals surface area contributed by atoms with Gasteiger partial charge in [-0.3, -0.25) is 15.0 Å². The molecule has 0 aliphatic rings. The standard InChI is InChI=1S/C8H14N2O3/c1-2-7(11)10-9-6-4-3-5-8(12)13/h2,9H,1,3-6H2,(H,10,11)(H,12,13). The van der Waals surface area contributed by atoms with E-state index >= 15 is 0 Å². The zero-order chi connectivity index (χ0) is 10.1. The molecule has 74 valence electrons. The molecule has 0 aliphatic carbocycles. The van der Waals surface area contributed by atoms with Gasteiger partial charge in [0.25, 0.3) is 5.91 Å². The lowest BCUT2D eigenvalue weighted by Crippen LogP contribution is -2.36. The van der Waals surface area contributed by atoms with Crippen LogP contribution >= 0.6 is 0 Å². The molecule has 0 unspecified atom stereocenters. The van der Waals surface area contributed by atoms with Crippen LogP contribution in [0.1, 0.15) is 19.3 Å². The molecule has 0 aromatic heterocycles. The normalized spacial score (nSPS) is 9.23. The summed E-state index contributed by atoms with van der Waals surface area (Å²) >= 11 is 0. The Morgan fingerprint density at radius 1 is 1.38 bits per heavy atom. The van der Waals surface area contributed by atoms with Crippen LogP contribution in [0.15, 0.2) is 12.7 Å². The molecule has 5 heteroatoms. The van der Waals surface area contributed by atoms with Gasteiger partial charge in [-0.25, -0.2) is 5.43 Å². The molecule has 0 aromatic rings. The summed E-state index contributed by atoms with van der Waals surface area (Å²) in [5.41, 5.74) is 5.01. The number of aliphatic carboxylic acids is 1. The third-order valence-electron chi connectivity index (χ3n) is 1.34. The average Bonchev–Trinajstić information content (AvgIpc) is 2.10. The summed E-state index contributed by atoms with van der Waals surface area (Å²) in [5.74, 6) is -1.09. The highest BCUT2D eigenvalue weighted by molar-refractivity contribution is 5.86. The molecule has 0 fully saturated rings. The number of amides is 1. The largest absolute Gasteiger partial charge is 0.481 e. The predicted octanol–water partition coefficient (Wildman–Crippen LogP) is 0.0481. The van der Waals surface area contributed by atoms with Crippen LogP contribution in [0, 0.1) is 0 Å². The van der Waals surface area contributed by atoms with E-state index in [1.165, 1.54) is 0 Å². The summed E-state index contributed by atoms with van der Waals surface area (Å²) in [6.45, 7) is 3.83. The Morgan fingerprint density at radius 2 is 2.08 bits per heavy atom. The van der Waals surface area contributed by atoms with E-state index in [2.05, 4.69) is 17.4 Å². The van der Waals surface area contributed by atoms with Gasteiger partial charge in [-0.1, -0.05) is 6.58 Å². The van der Waals surface area contributed by atoms with Crippen molar-refractivity contribution in [3.63, 3.8) is 0 Å². The summed E-state index contributed by atoms with van der Waals surface area (Å²) in [6.07, 6.45) is 2.64. The number of carbonyl (C=O) groups is 2. The van der Waals surface area contributed by atoms with Gasteiger partial charge in [0.2, 0.25) is 0 Å². The van der Waals surface area contributed by atoms with E-state index in [4.69, 9.17) is 5.11 Å². The van der Waals surface area contributed by atoms with Crippen molar-refractivity contribution in [3.8, 4) is 0 Å². The number of unbranched alkanes of at least 4 members (excludes halogenated alkanes) is 1. The molecule has 0 aromatic carbocycles. The van der Waals surface area contributed by atoms with Gasteiger partial charge in [0, 0.05) is 13.0 Å². The fourth-order valence-corrected chi connectivity index (χ4v) is 0.690. The summed E-state index contributed by atoms with van der Waals surface area (Å²) in [4.78, 5) is 20.7. The van der Waals surface area contributed by atoms with Crippen LogP contribution in [0.25, 0.3) is 0 Å². The topological polar surface area (TPSA) is 78.4 Å². The fourth-order valence-electron chi connectivity index (χ4n) is 0.690. The van der Waals surface area contributed by atoms with Crippen LogP contribution in [0.3, 0.4) is 0 Å². The highest BCUT2D eigenvalue weighted by Gasteiger charge is 1.96. The summed E-state index contributed by atoms with van der Waals surface area (Å²) in [5, 5.41) is 8.29. The van der Waals surface area contributed by atoms with E-state index in [0.29, 0.717) is 19.4 Å². The molecule has 1 amide bonds. The van der Waals surface area contributed by atoms with Crippen molar-refractivity contribution in [2.45, 2.75) is 19.3 Å². The van der Waals surface area contributed by atoms with Crippen LogP contribution in [-0.4, -0.2) is 23.5 Å². The highest BCUT2D eigenvalue weighted by atomic mass is 16.4. The summed E-state index contributed by atoms with van der Waals surface area (Å²) in [7, 11) is 0. The number of rotatable bonds is 7. The van der Waals surface area contributed by atoms with E-state index in [9.17, 15) is 9.59 Å². The minimum atomic E-state index is -0.796. The van der Waals surface area contributed by atoms with Gasteiger partial charge < -0.3 is 5.11 Å². The third-order valence-corrected chi connectivity index (χ3v) is 1.34. The smallest absolute Gasteiger partial charge is 0.303 e. The van der Waals surface area contributed by atoms with Gasteiger partial charge in [-0.15, -0.1) is 0 Å². The predicted molar refractivity (Wildman–Crippen MR) is 47.8 cm³/mol. The first-order valence-electron chi connectivity index (χ1n) is 4.04. The van der Waals surface area contributed by atoms with Crippen molar-refractivity contribution in [1.82, 2.24) is 10.9 Å². The van der Waals surface area contributed by atoms with E-state index in [1.54, 1.807) is 0 Å². The maximum absolute atomic E-state index is 10.6. The average molecular weight is 186 g/mol. The quantitative estimate of drug-likeness (QED) is 0.298. The molecule has 0 saturated carbocycles. The van der Waals surface area contributed by atoms with Crippen LogP contribution in [0.4, 0.5) is 0 Å².